The number of ether oxygens (including phenoxy) is 1. The molecule has 0 amide bonds. The smallest absolute Gasteiger partial charge is 0.336 e. The minimum atomic E-state index is -0.342. The Balaban J connectivity index is 1.49. The highest BCUT2D eigenvalue weighted by molar-refractivity contribution is 6.10. The average molecular weight is 560 g/mol. The van der Waals surface area contributed by atoms with Crippen LogP contribution in [-0.4, -0.2) is 22.2 Å². The van der Waals surface area contributed by atoms with E-state index in [1.54, 1.807) is 6.20 Å². The summed E-state index contributed by atoms with van der Waals surface area (Å²) < 4.78 is 9.92. The van der Waals surface area contributed by atoms with Gasteiger partial charge in [-0.15, -0.1) is 0 Å². The predicted molar refractivity (Wildman–Crippen MR) is 175 cm³/mol. The van der Waals surface area contributed by atoms with Crippen molar-refractivity contribution in [3.05, 3.63) is 144 Å². The predicted octanol–water partition coefficient (Wildman–Crippen LogP) is 8.53. The van der Waals surface area contributed by atoms with Crippen molar-refractivity contribution in [2.24, 2.45) is 0 Å². The number of aromatic nitrogens is 2. The van der Waals surface area contributed by atoms with Crippen LogP contribution in [0, 0.1) is 0 Å². The molecule has 1 unspecified atom stereocenters. The third-order valence-electron chi connectivity index (χ3n) is 8.67. The number of dihydropyridines is 1. The minimum Gasteiger partial charge on any atom is -0.466 e. The lowest BCUT2D eigenvalue weighted by Gasteiger charge is -2.25. The Labute approximate surface area is 248 Å². The zero-order valence-corrected chi connectivity index (χ0v) is 23.9. The number of para-hydroxylation sites is 4. The summed E-state index contributed by atoms with van der Waals surface area (Å²) in [6.45, 7) is 2.06. The lowest BCUT2D eigenvalue weighted by Crippen LogP contribution is -2.21. The molecule has 8 rings (SSSR count). The number of hydrogen-bond acceptors (Lipinski definition) is 3. The zero-order valence-electron chi connectivity index (χ0n) is 23.9. The fourth-order valence-corrected chi connectivity index (χ4v) is 6.86. The Bertz CT molecular complexity index is 2060. The zero-order chi connectivity index (χ0) is 29.1. The highest BCUT2D eigenvalue weighted by Crippen LogP contribution is 2.40. The summed E-state index contributed by atoms with van der Waals surface area (Å²) in [5, 5.41) is 7.96. The number of allylic oxidation sites excluding steroid dienone is 1. The summed E-state index contributed by atoms with van der Waals surface area (Å²) in [5.41, 5.74) is 9.23. The van der Waals surface area contributed by atoms with Crippen molar-refractivity contribution in [3.63, 3.8) is 0 Å². The molecule has 0 saturated carbocycles. The summed E-state index contributed by atoms with van der Waals surface area (Å²) in [7, 11) is 1.44. The SMILES string of the molecule is COC(=O)C1=CNC=C(C)C1c1cc(-n2c3ccccc3c3ccccc32)cc(-n2c3ccccc3c3ccccc32)c1. The molecule has 208 valence electrons. The number of rotatable bonds is 4. The van der Waals surface area contributed by atoms with E-state index >= 15 is 0 Å². The van der Waals surface area contributed by atoms with E-state index in [4.69, 9.17) is 4.74 Å². The maximum absolute atomic E-state index is 13.1. The van der Waals surface area contributed by atoms with Gasteiger partial charge in [0.25, 0.3) is 0 Å². The second kappa shape index (κ2) is 9.78. The van der Waals surface area contributed by atoms with Gasteiger partial charge in [-0.05, 0) is 60.5 Å². The molecule has 1 atom stereocenters. The number of esters is 1. The van der Waals surface area contributed by atoms with Crippen molar-refractivity contribution < 1.29 is 9.53 Å². The highest BCUT2D eigenvalue weighted by atomic mass is 16.5. The summed E-state index contributed by atoms with van der Waals surface area (Å²) in [4.78, 5) is 13.1. The number of nitrogens with zero attached hydrogens (tertiary/aromatic N) is 2. The van der Waals surface area contributed by atoms with E-state index in [2.05, 4.69) is 137 Å². The molecule has 0 saturated heterocycles. The van der Waals surface area contributed by atoms with E-state index in [9.17, 15) is 4.79 Å². The first kappa shape index (κ1) is 25.2. The van der Waals surface area contributed by atoms with Gasteiger partial charge in [-0.25, -0.2) is 4.79 Å². The first-order valence-corrected chi connectivity index (χ1v) is 14.5. The third kappa shape index (κ3) is 3.82. The Morgan fingerprint density at radius 2 is 1.05 bits per heavy atom. The van der Waals surface area contributed by atoms with E-state index in [1.807, 2.05) is 6.20 Å². The fraction of sp³-hybridized carbons (Fsp3) is 0.0789. The molecule has 0 aliphatic carbocycles. The van der Waals surface area contributed by atoms with Crippen LogP contribution in [-0.2, 0) is 9.53 Å². The third-order valence-corrected chi connectivity index (χ3v) is 8.67. The van der Waals surface area contributed by atoms with Crippen LogP contribution in [0.25, 0.3) is 55.0 Å². The van der Waals surface area contributed by atoms with Crippen molar-refractivity contribution in [1.82, 2.24) is 14.5 Å². The van der Waals surface area contributed by atoms with Gasteiger partial charge in [0.2, 0.25) is 0 Å². The van der Waals surface area contributed by atoms with Crippen molar-refractivity contribution in [2.45, 2.75) is 12.8 Å². The molecular weight excluding hydrogens is 530 g/mol. The number of carbonyl (C=O) groups is 1. The molecule has 5 heteroatoms. The van der Waals surface area contributed by atoms with Crippen LogP contribution < -0.4 is 5.32 Å². The first-order valence-electron chi connectivity index (χ1n) is 14.5. The monoisotopic (exact) mass is 559 g/mol. The Kier molecular flexibility index (Phi) is 5.73. The molecule has 2 aromatic heterocycles. The molecule has 5 aromatic carbocycles. The van der Waals surface area contributed by atoms with Gasteiger partial charge in [0.05, 0.1) is 34.7 Å². The van der Waals surface area contributed by atoms with E-state index < -0.39 is 0 Å². The molecule has 0 bridgehead atoms. The second-order valence-electron chi connectivity index (χ2n) is 11.1. The average Bonchev–Trinajstić information content (AvgIpc) is 3.57. The van der Waals surface area contributed by atoms with Gasteiger partial charge in [-0.2, -0.15) is 0 Å². The molecule has 1 aliphatic heterocycles. The summed E-state index contributed by atoms with van der Waals surface area (Å²) in [5.74, 6) is -0.612. The molecule has 43 heavy (non-hydrogen) atoms. The van der Waals surface area contributed by atoms with Gasteiger partial charge in [0.15, 0.2) is 0 Å². The van der Waals surface area contributed by atoms with Crippen LogP contribution in [0.5, 0.6) is 0 Å². The van der Waals surface area contributed by atoms with Gasteiger partial charge in [0.1, 0.15) is 0 Å². The van der Waals surface area contributed by atoms with Crippen LogP contribution in [0.4, 0.5) is 0 Å². The van der Waals surface area contributed by atoms with Crippen LogP contribution in [0.3, 0.4) is 0 Å². The number of hydrogen-bond donors (Lipinski definition) is 1. The van der Waals surface area contributed by atoms with Crippen molar-refractivity contribution >= 4 is 49.6 Å². The number of fused-ring (bicyclic) bond motifs is 6. The molecule has 0 spiro atoms. The Hall–Kier alpha value is -5.55. The maximum Gasteiger partial charge on any atom is 0.336 e. The lowest BCUT2D eigenvalue weighted by atomic mass is 9.84. The summed E-state index contributed by atoms with van der Waals surface area (Å²) in [6, 6.07) is 40.9. The molecule has 1 N–H and O–H groups in total. The molecule has 7 aromatic rings. The maximum atomic E-state index is 13.1. The lowest BCUT2D eigenvalue weighted by molar-refractivity contribution is -0.136. The van der Waals surface area contributed by atoms with Gasteiger partial charge >= 0.3 is 5.97 Å². The van der Waals surface area contributed by atoms with E-state index in [1.165, 1.54) is 28.7 Å². The fourth-order valence-electron chi connectivity index (χ4n) is 6.86. The normalized spacial score (nSPS) is 15.1. The van der Waals surface area contributed by atoms with Crippen molar-refractivity contribution in [1.29, 1.82) is 0 Å². The molecule has 5 nitrogen and oxygen atoms in total. The van der Waals surface area contributed by atoms with Crippen LogP contribution in [0.15, 0.2) is 139 Å². The minimum absolute atomic E-state index is 0.270. The van der Waals surface area contributed by atoms with E-state index in [0.717, 1.165) is 44.6 Å². The Morgan fingerprint density at radius 1 is 0.628 bits per heavy atom. The first-order chi connectivity index (χ1) is 21.1. The topological polar surface area (TPSA) is 48.2 Å². The quantitative estimate of drug-likeness (QED) is 0.220. The summed E-state index contributed by atoms with van der Waals surface area (Å²) >= 11 is 0. The molecule has 1 aliphatic rings. The number of benzene rings is 5. The van der Waals surface area contributed by atoms with E-state index in [-0.39, 0.29) is 11.9 Å². The van der Waals surface area contributed by atoms with Gasteiger partial charge < -0.3 is 19.2 Å². The highest BCUT2D eigenvalue weighted by Gasteiger charge is 2.29. The molecule has 0 fully saturated rings. The molecule has 0 radical (unpaired) electrons. The van der Waals surface area contributed by atoms with E-state index in [0.29, 0.717) is 5.57 Å². The van der Waals surface area contributed by atoms with Gasteiger partial charge in [-0.3, -0.25) is 0 Å². The van der Waals surface area contributed by atoms with Crippen molar-refractivity contribution in [3.8, 4) is 11.4 Å². The van der Waals surface area contributed by atoms with Crippen LogP contribution >= 0.6 is 0 Å². The standard InChI is InChI=1S/C38H29N3O2/c1-24-22-39-23-32(38(42)43-2)37(24)25-19-26(40-33-15-7-3-11-28(33)29-12-4-8-16-34(29)40)21-27(20-25)41-35-17-9-5-13-30(35)31-14-6-10-18-36(31)41/h3-23,37,39H,1-2H3. The van der Waals surface area contributed by atoms with Crippen LogP contribution in [0.1, 0.15) is 18.4 Å². The van der Waals surface area contributed by atoms with Gasteiger partial charge in [-0.1, -0.05) is 72.8 Å². The second-order valence-corrected chi connectivity index (χ2v) is 11.1. The largest absolute Gasteiger partial charge is 0.466 e. The van der Waals surface area contributed by atoms with Gasteiger partial charge in [0, 0.05) is 51.2 Å². The number of methoxy groups -OCH3 is 1. The van der Waals surface area contributed by atoms with Crippen LogP contribution in [0.2, 0.25) is 0 Å². The summed E-state index contributed by atoms with van der Waals surface area (Å²) in [6.07, 6.45) is 3.72. The van der Waals surface area contributed by atoms with Crippen molar-refractivity contribution in [2.75, 3.05) is 7.11 Å². The number of carbonyl (C=O) groups excluding carboxylic acids is 1. The molecule has 3 heterocycles. The number of nitrogens with one attached hydrogen (secondary N) is 1. The Morgan fingerprint density at radius 3 is 1.47 bits per heavy atom. The molecular formula is C38H29N3O2.